The van der Waals surface area contributed by atoms with Crippen molar-refractivity contribution in [3.63, 3.8) is 0 Å². The number of methoxy groups -OCH3 is 4. The maximum atomic E-state index is 11.0. The van der Waals surface area contributed by atoms with Crippen molar-refractivity contribution in [2.45, 2.75) is 52.9 Å². The first-order valence-electron chi connectivity index (χ1n) is 14.4. The monoisotopic (exact) mass is 572 g/mol. The van der Waals surface area contributed by atoms with Crippen LogP contribution in [-0.4, -0.2) is 38.7 Å². The molecule has 0 spiro atoms. The van der Waals surface area contributed by atoms with Gasteiger partial charge in [-0.1, -0.05) is 57.9 Å². The molecule has 0 bridgehead atoms. The Kier molecular flexibility index (Phi) is 9.45. The Bertz CT molecular complexity index is 1470. The first-order valence-corrected chi connectivity index (χ1v) is 14.4. The van der Waals surface area contributed by atoms with E-state index in [9.17, 15) is 10.2 Å². The van der Waals surface area contributed by atoms with Crippen molar-refractivity contribution in [3.8, 4) is 34.5 Å². The predicted octanol–water partition coefficient (Wildman–Crippen LogP) is 8.62. The van der Waals surface area contributed by atoms with Crippen LogP contribution in [0, 0.1) is 10.8 Å². The van der Waals surface area contributed by atoms with Crippen LogP contribution >= 0.6 is 0 Å². The van der Waals surface area contributed by atoms with E-state index in [1.54, 1.807) is 34.5 Å². The Morgan fingerprint density at radius 1 is 0.643 bits per heavy atom. The number of benzene rings is 3. The molecule has 1 saturated carbocycles. The molecule has 0 heterocycles. The summed E-state index contributed by atoms with van der Waals surface area (Å²) in [5.41, 5.74) is 4.30. The third-order valence-electron chi connectivity index (χ3n) is 9.07. The van der Waals surface area contributed by atoms with E-state index in [0.717, 1.165) is 35.1 Å². The van der Waals surface area contributed by atoms with Crippen molar-refractivity contribution >= 4 is 24.3 Å². The van der Waals surface area contributed by atoms with Crippen LogP contribution in [0.5, 0.6) is 34.5 Å². The molecule has 3 aromatic carbocycles. The summed E-state index contributed by atoms with van der Waals surface area (Å²) in [5.74, 6) is 2.59. The minimum Gasteiger partial charge on any atom is -0.507 e. The van der Waals surface area contributed by atoms with E-state index in [1.165, 1.54) is 19.3 Å². The van der Waals surface area contributed by atoms with Gasteiger partial charge >= 0.3 is 0 Å². The van der Waals surface area contributed by atoms with E-state index in [2.05, 4.69) is 20.8 Å². The van der Waals surface area contributed by atoms with E-state index in [-0.39, 0.29) is 22.3 Å². The van der Waals surface area contributed by atoms with Gasteiger partial charge in [-0.05, 0) is 94.8 Å². The molecule has 0 saturated heterocycles. The maximum Gasteiger partial charge on any atom is 0.161 e. The topological polar surface area (TPSA) is 77.4 Å². The fourth-order valence-corrected chi connectivity index (χ4v) is 5.94. The molecule has 1 fully saturated rings. The Morgan fingerprint density at radius 2 is 1.21 bits per heavy atom. The zero-order chi connectivity index (χ0) is 30.5. The zero-order valence-corrected chi connectivity index (χ0v) is 25.9. The van der Waals surface area contributed by atoms with Gasteiger partial charge in [-0.25, -0.2) is 0 Å². The third-order valence-corrected chi connectivity index (χ3v) is 9.07. The van der Waals surface area contributed by atoms with Crippen LogP contribution in [0.15, 0.2) is 42.5 Å². The fourth-order valence-electron chi connectivity index (χ4n) is 5.94. The van der Waals surface area contributed by atoms with Crippen LogP contribution in [-0.2, 0) is 6.42 Å². The first kappa shape index (κ1) is 30.9. The molecule has 3 aromatic rings. The summed E-state index contributed by atoms with van der Waals surface area (Å²) in [6, 6.07) is 13.1. The van der Waals surface area contributed by atoms with Gasteiger partial charge in [-0.2, -0.15) is 0 Å². The third kappa shape index (κ3) is 6.53. The van der Waals surface area contributed by atoms with Gasteiger partial charge in [0.25, 0.3) is 0 Å². The number of phenols is 2. The Hall–Kier alpha value is -4.06. The van der Waals surface area contributed by atoms with Gasteiger partial charge in [-0.3, -0.25) is 0 Å². The number of phenolic OH excluding ortho intramolecular Hbond substituents is 2. The second-order valence-corrected chi connectivity index (χ2v) is 12.0. The lowest BCUT2D eigenvalue weighted by Gasteiger charge is -2.48. The molecule has 0 aliphatic heterocycles. The summed E-state index contributed by atoms with van der Waals surface area (Å²) in [7, 11) is 6.36. The lowest BCUT2D eigenvalue weighted by atomic mass is 9.56. The van der Waals surface area contributed by atoms with Gasteiger partial charge in [0, 0.05) is 0 Å². The Labute approximate surface area is 250 Å². The normalized spacial score (nSPS) is 18.4. The maximum absolute atomic E-state index is 11.0. The average Bonchev–Trinajstić information content (AvgIpc) is 2.97. The Morgan fingerprint density at radius 3 is 1.86 bits per heavy atom. The van der Waals surface area contributed by atoms with Crippen molar-refractivity contribution < 1.29 is 29.2 Å². The van der Waals surface area contributed by atoms with Crippen molar-refractivity contribution in [1.82, 2.24) is 0 Å². The molecule has 1 atom stereocenters. The van der Waals surface area contributed by atoms with Crippen LogP contribution in [0.4, 0.5) is 0 Å². The average molecular weight is 573 g/mol. The summed E-state index contributed by atoms with van der Waals surface area (Å²) in [6.07, 6.45) is 13.1. The largest absolute Gasteiger partial charge is 0.507 e. The lowest BCUT2D eigenvalue weighted by molar-refractivity contribution is 0.0330. The highest BCUT2D eigenvalue weighted by Crippen LogP contribution is 2.53. The zero-order valence-electron chi connectivity index (χ0n) is 25.9. The molecule has 224 valence electrons. The smallest absolute Gasteiger partial charge is 0.161 e. The van der Waals surface area contributed by atoms with Crippen LogP contribution in [0.1, 0.15) is 74.3 Å². The van der Waals surface area contributed by atoms with Gasteiger partial charge in [0.1, 0.15) is 11.5 Å². The molecule has 6 heteroatoms. The summed E-state index contributed by atoms with van der Waals surface area (Å²) in [4.78, 5) is 0. The summed E-state index contributed by atoms with van der Waals surface area (Å²) >= 11 is 0. The van der Waals surface area contributed by atoms with Crippen molar-refractivity contribution in [2.75, 3.05) is 28.4 Å². The van der Waals surface area contributed by atoms with Crippen LogP contribution in [0.3, 0.4) is 0 Å². The highest BCUT2D eigenvalue weighted by atomic mass is 16.5. The quantitative estimate of drug-likeness (QED) is 0.237. The molecule has 0 amide bonds. The molecule has 0 radical (unpaired) electrons. The number of rotatable bonds is 10. The van der Waals surface area contributed by atoms with E-state index in [4.69, 9.17) is 18.9 Å². The van der Waals surface area contributed by atoms with Gasteiger partial charge in [0.2, 0.25) is 0 Å². The lowest BCUT2D eigenvalue weighted by Crippen LogP contribution is -2.40. The van der Waals surface area contributed by atoms with E-state index >= 15 is 0 Å². The molecule has 6 nitrogen and oxygen atoms in total. The molecule has 0 unspecified atom stereocenters. The molecule has 1 aliphatic rings. The van der Waals surface area contributed by atoms with Crippen LogP contribution in [0.25, 0.3) is 24.3 Å². The highest BCUT2D eigenvalue weighted by molar-refractivity contribution is 5.80. The number of ether oxygens (including phenoxy) is 4. The van der Waals surface area contributed by atoms with E-state index in [1.807, 2.05) is 60.7 Å². The Balaban J connectivity index is 1.61. The summed E-state index contributed by atoms with van der Waals surface area (Å²) < 4.78 is 21.9. The molecule has 2 N–H and O–H groups in total. The van der Waals surface area contributed by atoms with E-state index < -0.39 is 0 Å². The van der Waals surface area contributed by atoms with Crippen molar-refractivity contribution in [3.05, 3.63) is 70.3 Å². The van der Waals surface area contributed by atoms with Crippen LogP contribution in [0.2, 0.25) is 0 Å². The molecule has 1 aliphatic carbocycles. The second kappa shape index (κ2) is 12.8. The SMILES string of the molecule is COc1ccc(/C=C/c2c(O)cc(/C=C/c3cc(C[C@@]4(C)CCCCC4(C)C)c(O)c(OC)c3)cc2OC)cc1OC. The van der Waals surface area contributed by atoms with Gasteiger partial charge < -0.3 is 29.2 Å². The first-order chi connectivity index (χ1) is 20.0. The van der Waals surface area contributed by atoms with Crippen LogP contribution < -0.4 is 18.9 Å². The minimum atomic E-state index is 0.0789. The summed E-state index contributed by atoms with van der Waals surface area (Å²) in [6.45, 7) is 7.03. The molecule has 0 aromatic heterocycles. The number of hydrogen-bond acceptors (Lipinski definition) is 6. The molecule has 4 rings (SSSR count). The standard InChI is InChI=1S/C36H44O6/c1-35(2)16-8-9-17-36(35,3)23-27-18-25(22-33(42-7)34(27)38)10-11-26-19-29(37)28(31(21-26)40-5)14-12-24-13-15-30(39-4)32(20-24)41-6/h10-15,18-22,37-38H,8-9,16-17,23H2,1-7H3/b11-10+,14-12+/t36-/m1/s1. The second-order valence-electron chi connectivity index (χ2n) is 12.0. The highest BCUT2D eigenvalue weighted by Gasteiger charge is 2.43. The molecular weight excluding hydrogens is 528 g/mol. The molecule has 42 heavy (non-hydrogen) atoms. The predicted molar refractivity (Wildman–Crippen MR) is 171 cm³/mol. The van der Waals surface area contributed by atoms with Gasteiger partial charge in [0.05, 0.1) is 34.0 Å². The summed E-state index contributed by atoms with van der Waals surface area (Å²) in [5, 5.41) is 21.9. The van der Waals surface area contributed by atoms with Crippen molar-refractivity contribution in [2.24, 2.45) is 10.8 Å². The fraction of sp³-hybridized carbons (Fsp3) is 0.389. The van der Waals surface area contributed by atoms with Gasteiger partial charge in [-0.15, -0.1) is 0 Å². The number of hydrogen-bond donors (Lipinski definition) is 2. The minimum absolute atomic E-state index is 0.0789. The van der Waals surface area contributed by atoms with Crippen molar-refractivity contribution in [1.29, 1.82) is 0 Å². The van der Waals surface area contributed by atoms with E-state index in [0.29, 0.717) is 28.6 Å². The number of aromatic hydroxyl groups is 2. The molecular formula is C36H44O6. The van der Waals surface area contributed by atoms with Gasteiger partial charge in [0.15, 0.2) is 23.0 Å².